The zero-order valence-electron chi connectivity index (χ0n) is 18.9. The molecule has 1 aliphatic rings. The fraction of sp³-hybridized carbons (Fsp3) is 0.333. The number of rotatable bonds is 7. The van der Waals surface area contributed by atoms with Crippen molar-refractivity contribution in [2.75, 3.05) is 18.4 Å². The molecule has 4 rings (SSSR count). The maximum atomic E-state index is 14.6. The minimum atomic E-state index is -2.88. The number of ether oxygens (including phenoxy) is 1. The number of anilines is 1. The highest BCUT2D eigenvalue weighted by molar-refractivity contribution is 5.93. The van der Waals surface area contributed by atoms with Crippen molar-refractivity contribution >= 4 is 11.7 Å². The number of benzene rings is 1. The topological polar surface area (TPSA) is 100 Å². The highest BCUT2D eigenvalue weighted by atomic mass is 19.3. The van der Waals surface area contributed by atoms with E-state index in [4.69, 9.17) is 4.74 Å². The van der Waals surface area contributed by atoms with Gasteiger partial charge in [0.2, 0.25) is 11.8 Å². The van der Waals surface area contributed by atoms with Crippen LogP contribution in [0.15, 0.2) is 55.1 Å². The molecule has 1 fully saturated rings. The Morgan fingerprint density at radius 2 is 2.03 bits per heavy atom. The molecule has 0 spiro atoms. The Bertz CT molecular complexity index is 1160. The smallest absolute Gasteiger partial charge is 0.257 e. The van der Waals surface area contributed by atoms with Crippen molar-refractivity contribution in [2.24, 2.45) is 0 Å². The summed E-state index contributed by atoms with van der Waals surface area (Å²) < 4.78 is 48.0. The number of aliphatic hydroxyl groups is 1. The molecule has 8 nitrogen and oxygen atoms in total. The van der Waals surface area contributed by atoms with Gasteiger partial charge in [-0.05, 0) is 42.8 Å². The second-order valence-electron chi connectivity index (χ2n) is 8.26. The molecule has 2 aromatic heterocycles. The molecule has 0 bridgehead atoms. The van der Waals surface area contributed by atoms with Crippen molar-refractivity contribution in [3.05, 3.63) is 72.1 Å². The van der Waals surface area contributed by atoms with Gasteiger partial charge in [-0.15, -0.1) is 0 Å². The van der Waals surface area contributed by atoms with E-state index in [9.17, 15) is 23.1 Å². The van der Waals surface area contributed by atoms with Crippen LogP contribution in [0.5, 0.6) is 11.6 Å². The van der Waals surface area contributed by atoms with Crippen LogP contribution in [0.1, 0.15) is 30.4 Å². The van der Waals surface area contributed by atoms with Crippen LogP contribution in [0, 0.1) is 5.82 Å². The summed E-state index contributed by atoms with van der Waals surface area (Å²) in [6.45, 7) is 1.33. The maximum absolute atomic E-state index is 14.6. The molecule has 0 saturated carbocycles. The van der Waals surface area contributed by atoms with Crippen molar-refractivity contribution in [1.29, 1.82) is 0 Å². The van der Waals surface area contributed by atoms with E-state index in [1.807, 2.05) is 0 Å². The summed E-state index contributed by atoms with van der Waals surface area (Å²) in [5.74, 6) is -4.38. The molecule has 11 heteroatoms. The summed E-state index contributed by atoms with van der Waals surface area (Å²) in [6.07, 6.45) is 5.15. The Hall–Kier alpha value is -3.57. The number of aromatic nitrogens is 3. The molecule has 0 radical (unpaired) electrons. The number of carbonyl (C=O) groups is 1. The van der Waals surface area contributed by atoms with E-state index in [2.05, 4.69) is 20.3 Å². The normalized spacial score (nSPS) is 18.6. The van der Waals surface area contributed by atoms with Gasteiger partial charge in [-0.3, -0.25) is 14.7 Å². The number of pyridine rings is 1. The number of nitrogens with one attached hydrogen (secondary N) is 1. The van der Waals surface area contributed by atoms with Crippen molar-refractivity contribution in [1.82, 2.24) is 19.9 Å². The number of carbonyl (C=O) groups excluding carboxylic acids is 1. The molecule has 1 aromatic carbocycles. The number of halogens is 3. The highest BCUT2D eigenvalue weighted by Gasteiger charge is 2.46. The van der Waals surface area contributed by atoms with Gasteiger partial charge in [-0.2, -0.15) is 0 Å². The monoisotopic (exact) mass is 487 g/mol. The predicted octanol–water partition coefficient (Wildman–Crippen LogP) is 3.75. The van der Waals surface area contributed by atoms with E-state index in [1.54, 1.807) is 24.0 Å². The molecule has 3 aromatic rings. The molecule has 184 valence electrons. The molecule has 1 amide bonds. The lowest BCUT2D eigenvalue weighted by Crippen LogP contribution is -2.52. The molecule has 2 atom stereocenters. The lowest BCUT2D eigenvalue weighted by molar-refractivity contribution is -0.125. The molecule has 35 heavy (non-hydrogen) atoms. The number of amides is 1. The maximum Gasteiger partial charge on any atom is 0.257 e. The number of hydrogen-bond acceptors (Lipinski definition) is 7. The van der Waals surface area contributed by atoms with Gasteiger partial charge in [0.05, 0.1) is 31.0 Å². The number of hydrogen-bond donors (Lipinski definition) is 2. The van der Waals surface area contributed by atoms with Crippen LogP contribution in [-0.2, 0) is 11.4 Å². The Morgan fingerprint density at radius 1 is 1.26 bits per heavy atom. The second-order valence-corrected chi connectivity index (χ2v) is 8.26. The summed E-state index contributed by atoms with van der Waals surface area (Å²) in [5, 5.41) is 12.0. The number of piperidine rings is 1. The summed E-state index contributed by atoms with van der Waals surface area (Å²) in [5.41, 5.74) is 0.726. The lowest BCUT2D eigenvalue weighted by atomic mass is 9.87. The molecule has 1 aliphatic heterocycles. The average Bonchev–Trinajstić information content (AvgIpc) is 2.86. The van der Waals surface area contributed by atoms with Gasteiger partial charge in [-0.25, -0.2) is 23.1 Å². The number of nitrogens with zero attached hydrogens (tertiary/aromatic N) is 4. The SMILES string of the molecule is CC(C(=O)Nc1cnc(Oc2ccc(F)cc2CO)cn1)N1CCC(F)(F)[C@@H](c2ccncc2)C1. The zero-order valence-corrected chi connectivity index (χ0v) is 18.9. The molecule has 1 unspecified atom stereocenters. The van der Waals surface area contributed by atoms with Gasteiger partial charge in [-0.1, -0.05) is 0 Å². The standard InChI is InChI=1S/C24H24F3N5O3/c1-15(32-9-6-24(26,27)19(13-32)16-4-7-28-8-5-16)23(34)31-21-11-30-22(12-29-21)35-20-3-2-18(25)10-17(20)14-33/h2-5,7-8,10-12,15,19,33H,6,9,13-14H2,1H3,(H,29,31,34)/t15?,19-/m1/s1. The largest absolute Gasteiger partial charge is 0.437 e. The van der Waals surface area contributed by atoms with E-state index in [0.717, 1.165) is 6.07 Å². The third kappa shape index (κ3) is 5.75. The predicted molar refractivity (Wildman–Crippen MR) is 121 cm³/mol. The fourth-order valence-corrected chi connectivity index (χ4v) is 3.94. The molecule has 1 saturated heterocycles. The van der Waals surface area contributed by atoms with Gasteiger partial charge in [0.1, 0.15) is 11.6 Å². The van der Waals surface area contributed by atoms with Crippen molar-refractivity contribution in [3.8, 4) is 11.6 Å². The highest BCUT2D eigenvalue weighted by Crippen LogP contribution is 2.40. The molecule has 0 aliphatic carbocycles. The first-order valence-corrected chi connectivity index (χ1v) is 11.0. The van der Waals surface area contributed by atoms with Crippen LogP contribution in [0.4, 0.5) is 19.0 Å². The second kappa shape index (κ2) is 10.4. The van der Waals surface area contributed by atoms with E-state index < -0.39 is 36.2 Å². The third-order valence-electron chi connectivity index (χ3n) is 5.98. The average molecular weight is 487 g/mol. The Kier molecular flexibility index (Phi) is 7.27. The van der Waals surface area contributed by atoms with Crippen LogP contribution in [0.2, 0.25) is 0 Å². The fourth-order valence-electron chi connectivity index (χ4n) is 3.94. The van der Waals surface area contributed by atoms with Crippen LogP contribution >= 0.6 is 0 Å². The van der Waals surface area contributed by atoms with Gasteiger partial charge in [0.15, 0.2) is 5.82 Å². The third-order valence-corrected chi connectivity index (χ3v) is 5.98. The van der Waals surface area contributed by atoms with Gasteiger partial charge < -0.3 is 15.2 Å². The van der Waals surface area contributed by atoms with Crippen LogP contribution in [-0.4, -0.2) is 55.9 Å². The van der Waals surface area contributed by atoms with E-state index in [0.29, 0.717) is 5.56 Å². The van der Waals surface area contributed by atoms with Crippen LogP contribution < -0.4 is 10.1 Å². The minimum Gasteiger partial charge on any atom is -0.437 e. The summed E-state index contributed by atoms with van der Waals surface area (Å²) in [4.78, 5) is 26.6. The number of alkyl halides is 2. The summed E-state index contributed by atoms with van der Waals surface area (Å²) in [6, 6.07) is 6.16. The Morgan fingerprint density at radius 3 is 2.71 bits per heavy atom. The Labute approximate surface area is 199 Å². The molecular weight excluding hydrogens is 463 g/mol. The van der Waals surface area contributed by atoms with E-state index in [1.165, 1.54) is 36.9 Å². The van der Waals surface area contributed by atoms with Gasteiger partial charge in [0.25, 0.3) is 5.92 Å². The van der Waals surface area contributed by atoms with Gasteiger partial charge in [0, 0.05) is 37.5 Å². The van der Waals surface area contributed by atoms with Crippen molar-refractivity contribution < 1.29 is 27.8 Å². The molecule has 2 N–H and O–H groups in total. The summed E-state index contributed by atoms with van der Waals surface area (Å²) >= 11 is 0. The van der Waals surface area contributed by atoms with Crippen molar-refractivity contribution in [2.45, 2.75) is 37.8 Å². The lowest BCUT2D eigenvalue weighted by Gasteiger charge is -2.40. The number of likely N-dealkylation sites (tertiary alicyclic amines) is 1. The minimum absolute atomic E-state index is 0.0227. The van der Waals surface area contributed by atoms with E-state index in [-0.39, 0.29) is 42.5 Å². The Balaban J connectivity index is 1.39. The molecular formula is C24H24F3N5O3. The summed E-state index contributed by atoms with van der Waals surface area (Å²) in [7, 11) is 0. The first-order chi connectivity index (χ1) is 16.8. The van der Waals surface area contributed by atoms with Crippen LogP contribution in [0.25, 0.3) is 0 Å². The zero-order chi connectivity index (χ0) is 25.0. The van der Waals surface area contributed by atoms with Crippen LogP contribution in [0.3, 0.4) is 0 Å². The number of aliphatic hydroxyl groups excluding tert-OH is 1. The first-order valence-electron chi connectivity index (χ1n) is 11.0. The van der Waals surface area contributed by atoms with Gasteiger partial charge >= 0.3 is 0 Å². The van der Waals surface area contributed by atoms with Crippen molar-refractivity contribution in [3.63, 3.8) is 0 Å². The first kappa shape index (κ1) is 24.6. The quantitative estimate of drug-likeness (QED) is 0.524. The molecule has 3 heterocycles. The van der Waals surface area contributed by atoms with E-state index >= 15 is 0 Å².